The molecular weight excluding hydrogens is 656 g/mol. The van der Waals surface area contributed by atoms with Gasteiger partial charge in [0.05, 0.1) is 33.5 Å². The second-order valence-corrected chi connectivity index (χ2v) is 13.4. The van der Waals surface area contributed by atoms with Crippen LogP contribution in [0.1, 0.15) is 51.3 Å². The number of aliphatic hydroxyl groups is 1. The number of phenolic OH excluding ortho intramolecular Hbond substituents is 1. The number of rotatable bonds is 17. The summed E-state index contributed by atoms with van der Waals surface area (Å²) in [5.41, 5.74) is 1.17. The summed E-state index contributed by atoms with van der Waals surface area (Å²) < 4.78 is 21.4. The number of hydrogen-bond acceptors (Lipinski definition) is 10. The molecule has 0 aliphatic heterocycles. The van der Waals surface area contributed by atoms with E-state index < -0.39 is 47.7 Å². The van der Waals surface area contributed by atoms with Crippen molar-refractivity contribution in [3.63, 3.8) is 0 Å². The largest absolute Gasteiger partial charge is 0.507 e. The van der Waals surface area contributed by atoms with E-state index in [9.17, 15) is 24.6 Å². The number of nitrogens with one attached hydrogen (secondary N) is 4. The van der Waals surface area contributed by atoms with Gasteiger partial charge in [-0.3, -0.25) is 14.9 Å². The molecule has 13 nitrogen and oxygen atoms in total. The van der Waals surface area contributed by atoms with Gasteiger partial charge in [-0.15, -0.1) is 0 Å². The first-order chi connectivity index (χ1) is 24.1. The van der Waals surface area contributed by atoms with Crippen LogP contribution in [0.5, 0.6) is 23.0 Å². The van der Waals surface area contributed by atoms with Gasteiger partial charge in [0.2, 0.25) is 11.8 Å². The quantitative estimate of drug-likeness (QED) is 0.121. The molecule has 0 fully saturated rings. The summed E-state index contributed by atoms with van der Waals surface area (Å²) in [6.07, 6.45) is -2.09. The topological polar surface area (TPSA) is 177 Å². The van der Waals surface area contributed by atoms with E-state index in [1.165, 1.54) is 27.4 Å². The Morgan fingerprint density at radius 3 is 2.04 bits per heavy atom. The lowest BCUT2D eigenvalue weighted by Gasteiger charge is -2.33. The molecule has 278 valence electrons. The molecule has 0 saturated heterocycles. The van der Waals surface area contributed by atoms with E-state index in [0.717, 1.165) is 11.1 Å². The van der Waals surface area contributed by atoms with Gasteiger partial charge in [0.15, 0.2) is 11.5 Å². The predicted octanol–water partition coefficient (Wildman–Crippen LogP) is 3.83. The van der Waals surface area contributed by atoms with Crippen LogP contribution in [0.15, 0.2) is 66.7 Å². The molecule has 6 N–H and O–H groups in total. The number of carbonyl (C=O) groups is 3. The summed E-state index contributed by atoms with van der Waals surface area (Å²) in [5.74, 6) is -0.110. The molecule has 0 bridgehead atoms. The van der Waals surface area contributed by atoms with Crippen molar-refractivity contribution in [2.24, 2.45) is 5.92 Å². The first kappa shape index (κ1) is 40.4. The van der Waals surface area contributed by atoms with Crippen molar-refractivity contribution in [3.05, 3.63) is 83.4 Å². The van der Waals surface area contributed by atoms with Gasteiger partial charge < -0.3 is 45.1 Å². The molecule has 51 heavy (non-hydrogen) atoms. The van der Waals surface area contributed by atoms with E-state index in [1.54, 1.807) is 65.0 Å². The van der Waals surface area contributed by atoms with E-state index in [-0.39, 0.29) is 31.2 Å². The fourth-order valence-electron chi connectivity index (χ4n) is 5.29. The number of hydrogen-bond donors (Lipinski definition) is 6. The molecule has 3 aromatic rings. The Morgan fingerprint density at radius 2 is 1.45 bits per heavy atom. The minimum atomic E-state index is -1.50. The van der Waals surface area contributed by atoms with Crippen molar-refractivity contribution in [2.45, 2.75) is 84.0 Å². The fourth-order valence-corrected chi connectivity index (χ4v) is 5.29. The summed E-state index contributed by atoms with van der Waals surface area (Å²) in [6, 6.07) is 15.9. The summed E-state index contributed by atoms with van der Waals surface area (Å²) in [5, 5.41) is 33.8. The molecule has 0 spiro atoms. The summed E-state index contributed by atoms with van der Waals surface area (Å²) in [4.78, 5) is 40.6. The number of amides is 3. The minimum Gasteiger partial charge on any atom is -0.507 e. The van der Waals surface area contributed by atoms with Crippen LogP contribution in [0.4, 0.5) is 4.79 Å². The van der Waals surface area contributed by atoms with Crippen LogP contribution in [-0.2, 0) is 33.8 Å². The zero-order valence-electron chi connectivity index (χ0n) is 30.6. The van der Waals surface area contributed by atoms with Crippen LogP contribution >= 0.6 is 0 Å². The Hall–Kier alpha value is -5.01. The number of carbonyl (C=O) groups excluding carboxylic acids is 3. The highest BCUT2D eigenvalue weighted by molar-refractivity contribution is 5.90. The molecule has 0 aliphatic rings. The smallest absolute Gasteiger partial charge is 0.407 e. The minimum absolute atomic E-state index is 0.00366. The molecule has 0 unspecified atom stereocenters. The third-order valence-corrected chi connectivity index (χ3v) is 8.00. The predicted molar refractivity (Wildman–Crippen MR) is 193 cm³/mol. The average Bonchev–Trinajstić information content (AvgIpc) is 3.08. The van der Waals surface area contributed by atoms with Gasteiger partial charge in [0, 0.05) is 24.7 Å². The molecule has 3 rings (SSSR count). The zero-order chi connectivity index (χ0) is 37.7. The van der Waals surface area contributed by atoms with E-state index in [2.05, 4.69) is 21.3 Å². The highest BCUT2D eigenvalue weighted by Gasteiger charge is 2.37. The molecule has 4 atom stereocenters. The number of alkyl carbamates (subject to hydrolysis) is 1. The van der Waals surface area contributed by atoms with Gasteiger partial charge in [-0.25, -0.2) is 4.79 Å². The van der Waals surface area contributed by atoms with Crippen molar-refractivity contribution in [1.29, 1.82) is 0 Å². The van der Waals surface area contributed by atoms with Crippen molar-refractivity contribution in [2.75, 3.05) is 21.3 Å². The number of ether oxygens (including phenoxy) is 4. The van der Waals surface area contributed by atoms with Crippen LogP contribution in [0.25, 0.3) is 0 Å². The fraction of sp³-hybridized carbons (Fsp3) is 0.447. The maximum atomic E-state index is 14.2. The SMILES string of the molecule is COc1ccc(CNC(=O)[C@@H](NC(=O)[C@H](NCc2ccc(OC)c(OC)c2)[C@H](O)[C@H](Cc2ccccc2)NC(=O)OC(C)(C)C)C(C)C)c(O)c1. The maximum absolute atomic E-state index is 14.2. The zero-order valence-corrected chi connectivity index (χ0v) is 30.6. The highest BCUT2D eigenvalue weighted by Crippen LogP contribution is 2.28. The maximum Gasteiger partial charge on any atom is 0.407 e. The average molecular weight is 709 g/mol. The lowest BCUT2D eigenvalue weighted by Crippen LogP contribution is -2.62. The third kappa shape index (κ3) is 12.4. The Bertz CT molecular complexity index is 1590. The summed E-state index contributed by atoms with van der Waals surface area (Å²) >= 11 is 0. The van der Waals surface area contributed by atoms with Gasteiger partial charge in [-0.1, -0.05) is 50.2 Å². The van der Waals surface area contributed by atoms with Crippen LogP contribution in [0.2, 0.25) is 0 Å². The lowest BCUT2D eigenvalue weighted by atomic mass is 9.94. The van der Waals surface area contributed by atoms with Crippen molar-refractivity contribution < 1.29 is 43.5 Å². The van der Waals surface area contributed by atoms with Crippen LogP contribution in [0.3, 0.4) is 0 Å². The van der Waals surface area contributed by atoms with Gasteiger partial charge in [0.25, 0.3) is 0 Å². The standard InChI is InChI=1S/C38H52N4O9/c1-23(2)32(35(45)40-22-26-15-16-27(48-6)20-29(26)43)42-36(46)33(39-21-25-14-17-30(49-7)31(19-25)50-8)34(44)28(18-24-12-10-9-11-13-24)41-37(47)51-38(3,4)5/h9-17,19-20,23,28,32-34,39,43-44H,18,21-22H2,1-8H3,(H,40,45)(H,41,47)(H,42,46)/t28-,32-,33+,34+/m0/s1. The first-order valence-corrected chi connectivity index (χ1v) is 16.8. The second-order valence-electron chi connectivity index (χ2n) is 13.4. The Kier molecular flexibility index (Phi) is 14.9. The second kappa shape index (κ2) is 18.8. The van der Waals surface area contributed by atoms with E-state index in [1.807, 2.05) is 30.3 Å². The molecule has 0 saturated carbocycles. The molecule has 13 heteroatoms. The van der Waals surface area contributed by atoms with Crippen LogP contribution in [-0.4, -0.2) is 79.3 Å². The Morgan fingerprint density at radius 1 is 0.765 bits per heavy atom. The normalized spacial score (nSPS) is 13.7. The van der Waals surface area contributed by atoms with E-state index in [4.69, 9.17) is 18.9 Å². The molecule has 0 radical (unpaired) electrons. The number of phenols is 1. The van der Waals surface area contributed by atoms with Gasteiger partial charge in [0.1, 0.15) is 29.2 Å². The van der Waals surface area contributed by atoms with Gasteiger partial charge in [-0.2, -0.15) is 0 Å². The highest BCUT2D eigenvalue weighted by atomic mass is 16.6. The third-order valence-electron chi connectivity index (χ3n) is 8.00. The molecule has 3 aromatic carbocycles. The number of methoxy groups -OCH3 is 3. The Balaban J connectivity index is 1.92. The molecule has 0 aliphatic carbocycles. The van der Waals surface area contributed by atoms with Crippen LogP contribution < -0.4 is 35.5 Å². The van der Waals surface area contributed by atoms with E-state index in [0.29, 0.717) is 22.8 Å². The molecule has 3 amide bonds. The van der Waals surface area contributed by atoms with Crippen LogP contribution in [0, 0.1) is 5.92 Å². The molecular formula is C38H52N4O9. The summed E-state index contributed by atoms with van der Waals surface area (Å²) in [6.45, 7) is 8.83. The lowest BCUT2D eigenvalue weighted by molar-refractivity contribution is -0.133. The van der Waals surface area contributed by atoms with Crippen molar-refractivity contribution in [1.82, 2.24) is 21.3 Å². The molecule has 0 aromatic heterocycles. The van der Waals surface area contributed by atoms with E-state index >= 15 is 0 Å². The van der Waals surface area contributed by atoms with Crippen molar-refractivity contribution >= 4 is 17.9 Å². The van der Waals surface area contributed by atoms with Crippen molar-refractivity contribution in [3.8, 4) is 23.0 Å². The summed E-state index contributed by atoms with van der Waals surface area (Å²) in [7, 11) is 4.52. The number of benzene rings is 3. The monoisotopic (exact) mass is 708 g/mol. The molecule has 0 heterocycles. The van der Waals surface area contributed by atoms with Gasteiger partial charge >= 0.3 is 6.09 Å². The van der Waals surface area contributed by atoms with Gasteiger partial charge in [-0.05, 0) is 68.5 Å². The number of aliphatic hydroxyl groups excluding tert-OH is 1. The first-order valence-electron chi connectivity index (χ1n) is 16.8. The number of aromatic hydroxyl groups is 1. The Labute approximate surface area is 300 Å².